The second-order valence-electron chi connectivity index (χ2n) is 4.18. The van der Waals surface area contributed by atoms with Gasteiger partial charge >= 0.3 is 0 Å². The van der Waals surface area contributed by atoms with Crippen LogP contribution in [0.15, 0.2) is 21.5 Å². The van der Waals surface area contributed by atoms with Crippen LogP contribution in [0.25, 0.3) is 0 Å². The lowest BCUT2D eigenvalue weighted by molar-refractivity contribution is 0.390. The Labute approximate surface area is 128 Å². The average Bonchev–Trinajstić information content (AvgIpc) is 2.44. The normalized spacial score (nSPS) is 13.1. The number of rotatable bonds is 7. The van der Waals surface area contributed by atoms with Gasteiger partial charge in [-0.3, -0.25) is 0 Å². The molecular formula is C12H19BrN2O4S. The summed E-state index contributed by atoms with van der Waals surface area (Å²) in [6, 6.07) is 3.01. The molecule has 1 aromatic carbocycles. The first-order chi connectivity index (χ1) is 9.35. The standard InChI is InChI=1S/C12H19BrN2O4S/c1-8(14-2)7-15-20(16,17)12-6-10(18-3)9(13)5-11(12)19-4/h5-6,8,14-15H,7H2,1-4H3. The van der Waals surface area contributed by atoms with E-state index in [1.54, 1.807) is 13.1 Å². The monoisotopic (exact) mass is 366 g/mol. The maximum atomic E-state index is 12.3. The second-order valence-corrected chi connectivity index (χ2v) is 6.77. The molecule has 0 aliphatic heterocycles. The molecule has 1 rings (SSSR count). The summed E-state index contributed by atoms with van der Waals surface area (Å²) in [7, 11) is 0.985. The van der Waals surface area contributed by atoms with E-state index in [0.29, 0.717) is 10.2 Å². The van der Waals surface area contributed by atoms with Gasteiger partial charge in [-0.25, -0.2) is 13.1 Å². The van der Waals surface area contributed by atoms with Crippen molar-refractivity contribution in [1.29, 1.82) is 0 Å². The molecule has 0 bridgehead atoms. The summed E-state index contributed by atoms with van der Waals surface area (Å²) in [5.41, 5.74) is 0. The predicted octanol–water partition coefficient (Wildman–Crippen LogP) is 1.35. The number of halogens is 1. The molecular weight excluding hydrogens is 348 g/mol. The predicted molar refractivity (Wildman–Crippen MR) is 81.0 cm³/mol. The van der Waals surface area contributed by atoms with Crippen molar-refractivity contribution in [2.75, 3.05) is 27.8 Å². The Kier molecular flexibility index (Phi) is 6.25. The fourth-order valence-electron chi connectivity index (χ4n) is 1.46. The number of sulfonamides is 1. The summed E-state index contributed by atoms with van der Waals surface area (Å²) < 4.78 is 38.0. The summed E-state index contributed by atoms with van der Waals surface area (Å²) in [5.74, 6) is 0.676. The Morgan fingerprint density at radius 1 is 1.25 bits per heavy atom. The summed E-state index contributed by atoms with van der Waals surface area (Å²) in [4.78, 5) is 0.0448. The SMILES string of the molecule is CNC(C)CNS(=O)(=O)c1cc(OC)c(Br)cc1OC. The third-order valence-corrected chi connectivity index (χ3v) is 4.86. The largest absolute Gasteiger partial charge is 0.496 e. The van der Waals surface area contributed by atoms with E-state index >= 15 is 0 Å². The molecule has 0 heterocycles. The summed E-state index contributed by atoms with van der Waals surface area (Å²) in [5, 5.41) is 2.96. The molecule has 1 aromatic rings. The molecule has 0 radical (unpaired) electrons. The lowest BCUT2D eigenvalue weighted by Gasteiger charge is -2.15. The van der Waals surface area contributed by atoms with Gasteiger partial charge in [0.25, 0.3) is 0 Å². The first-order valence-corrected chi connectivity index (χ1v) is 8.21. The maximum Gasteiger partial charge on any atom is 0.244 e. The fourth-order valence-corrected chi connectivity index (χ4v) is 3.24. The Balaban J connectivity index is 3.16. The highest BCUT2D eigenvalue weighted by Crippen LogP contribution is 2.35. The maximum absolute atomic E-state index is 12.3. The highest BCUT2D eigenvalue weighted by molar-refractivity contribution is 9.10. The zero-order valence-electron chi connectivity index (χ0n) is 11.9. The summed E-state index contributed by atoms with van der Waals surface area (Å²) in [6.45, 7) is 2.16. The van der Waals surface area contributed by atoms with Gasteiger partial charge < -0.3 is 14.8 Å². The molecule has 1 unspecified atom stereocenters. The van der Waals surface area contributed by atoms with Crippen molar-refractivity contribution in [3.8, 4) is 11.5 Å². The van der Waals surface area contributed by atoms with Crippen molar-refractivity contribution in [3.05, 3.63) is 16.6 Å². The molecule has 0 saturated carbocycles. The number of ether oxygens (including phenoxy) is 2. The van der Waals surface area contributed by atoms with E-state index in [-0.39, 0.29) is 23.2 Å². The van der Waals surface area contributed by atoms with Crippen LogP contribution in [0.5, 0.6) is 11.5 Å². The summed E-state index contributed by atoms with van der Waals surface area (Å²) in [6.07, 6.45) is 0. The van der Waals surface area contributed by atoms with E-state index in [0.717, 1.165) is 0 Å². The number of nitrogens with one attached hydrogen (secondary N) is 2. The highest BCUT2D eigenvalue weighted by Gasteiger charge is 2.22. The van der Waals surface area contributed by atoms with E-state index in [9.17, 15) is 8.42 Å². The van der Waals surface area contributed by atoms with Crippen LogP contribution in [-0.4, -0.2) is 42.3 Å². The van der Waals surface area contributed by atoms with Gasteiger partial charge in [0.15, 0.2) is 0 Å². The molecule has 0 aliphatic rings. The minimum absolute atomic E-state index is 0.0214. The first kappa shape index (κ1) is 17.2. The molecule has 8 heteroatoms. The van der Waals surface area contributed by atoms with Gasteiger partial charge in [0.1, 0.15) is 16.4 Å². The smallest absolute Gasteiger partial charge is 0.244 e. The van der Waals surface area contributed by atoms with Crippen LogP contribution < -0.4 is 19.5 Å². The zero-order valence-corrected chi connectivity index (χ0v) is 14.3. The van der Waals surface area contributed by atoms with Crippen molar-refractivity contribution < 1.29 is 17.9 Å². The lowest BCUT2D eigenvalue weighted by atomic mass is 10.3. The number of hydrogen-bond donors (Lipinski definition) is 2. The van der Waals surface area contributed by atoms with Gasteiger partial charge in [0.05, 0.1) is 18.7 Å². The van der Waals surface area contributed by atoms with E-state index in [2.05, 4.69) is 26.0 Å². The second kappa shape index (κ2) is 7.26. The van der Waals surface area contributed by atoms with E-state index in [4.69, 9.17) is 9.47 Å². The van der Waals surface area contributed by atoms with Gasteiger partial charge in [0, 0.05) is 18.7 Å². The highest BCUT2D eigenvalue weighted by atomic mass is 79.9. The fraction of sp³-hybridized carbons (Fsp3) is 0.500. The Morgan fingerprint density at radius 2 is 1.85 bits per heavy atom. The minimum atomic E-state index is -3.67. The van der Waals surface area contributed by atoms with E-state index in [1.807, 2.05) is 6.92 Å². The van der Waals surface area contributed by atoms with Crippen molar-refractivity contribution in [3.63, 3.8) is 0 Å². The van der Waals surface area contributed by atoms with E-state index in [1.165, 1.54) is 20.3 Å². The topological polar surface area (TPSA) is 76.7 Å². The van der Waals surface area contributed by atoms with Crippen LogP contribution in [0, 0.1) is 0 Å². The quantitative estimate of drug-likeness (QED) is 0.761. The molecule has 0 aromatic heterocycles. The summed E-state index contributed by atoms with van der Waals surface area (Å²) >= 11 is 3.29. The van der Waals surface area contributed by atoms with Crippen LogP contribution in [0.4, 0.5) is 0 Å². The molecule has 0 aliphatic carbocycles. The first-order valence-electron chi connectivity index (χ1n) is 5.94. The van der Waals surface area contributed by atoms with Crippen LogP contribution in [-0.2, 0) is 10.0 Å². The van der Waals surface area contributed by atoms with Crippen molar-refractivity contribution in [1.82, 2.24) is 10.0 Å². The molecule has 114 valence electrons. The Bertz CT molecular complexity index is 563. The van der Waals surface area contributed by atoms with Crippen molar-refractivity contribution >= 4 is 26.0 Å². The number of methoxy groups -OCH3 is 2. The molecule has 0 spiro atoms. The Hall–Kier alpha value is -0.830. The van der Waals surface area contributed by atoms with Gasteiger partial charge in [0.2, 0.25) is 10.0 Å². The number of benzene rings is 1. The van der Waals surface area contributed by atoms with Crippen LogP contribution in [0.1, 0.15) is 6.92 Å². The minimum Gasteiger partial charge on any atom is -0.496 e. The Morgan fingerprint density at radius 3 is 2.35 bits per heavy atom. The molecule has 0 saturated heterocycles. The molecule has 1 atom stereocenters. The molecule has 6 nitrogen and oxygen atoms in total. The van der Waals surface area contributed by atoms with Crippen LogP contribution in [0.3, 0.4) is 0 Å². The number of hydrogen-bond acceptors (Lipinski definition) is 5. The third kappa shape index (κ3) is 4.08. The van der Waals surface area contributed by atoms with Crippen molar-refractivity contribution in [2.24, 2.45) is 0 Å². The van der Waals surface area contributed by atoms with Crippen molar-refractivity contribution in [2.45, 2.75) is 17.9 Å². The van der Waals surface area contributed by atoms with E-state index < -0.39 is 10.0 Å². The lowest BCUT2D eigenvalue weighted by Crippen LogP contribution is -2.37. The third-order valence-electron chi connectivity index (χ3n) is 2.80. The molecule has 0 amide bonds. The van der Waals surface area contributed by atoms with Gasteiger partial charge in [-0.2, -0.15) is 0 Å². The van der Waals surface area contributed by atoms with Crippen LogP contribution >= 0.6 is 15.9 Å². The zero-order chi connectivity index (χ0) is 15.3. The molecule has 2 N–H and O–H groups in total. The van der Waals surface area contributed by atoms with Gasteiger partial charge in [-0.1, -0.05) is 0 Å². The molecule has 0 fully saturated rings. The number of likely N-dealkylation sites (N-methyl/N-ethyl adjacent to an activating group) is 1. The van der Waals surface area contributed by atoms with Gasteiger partial charge in [-0.05, 0) is 36.0 Å². The average molecular weight is 367 g/mol. The molecule has 20 heavy (non-hydrogen) atoms. The van der Waals surface area contributed by atoms with Gasteiger partial charge in [-0.15, -0.1) is 0 Å². The van der Waals surface area contributed by atoms with Crippen LogP contribution in [0.2, 0.25) is 0 Å².